The number of nitro benzene ring substituents is 1. The molecule has 0 aliphatic rings. The number of nitro groups is 1. The van der Waals surface area contributed by atoms with Gasteiger partial charge in [-0.2, -0.15) is 5.10 Å². The van der Waals surface area contributed by atoms with Crippen LogP contribution in [0.15, 0.2) is 53.6 Å². The Bertz CT molecular complexity index is 621. The van der Waals surface area contributed by atoms with Crippen molar-refractivity contribution in [1.82, 2.24) is 0 Å². The molecule has 0 aliphatic heterocycles. The van der Waals surface area contributed by atoms with Gasteiger partial charge < -0.3 is 0 Å². The van der Waals surface area contributed by atoms with Gasteiger partial charge in [-0.15, -0.1) is 0 Å². The highest BCUT2D eigenvalue weighted by Gasteiger charge is 2.04. The van der Waals surface area contributed by atoms with Gasteiger partial charge in [0.15, 0.2) is 0 Å². The SMILES string of the molecule is CCc1ccc(/C=N/Nc2cccc([N+](=O)[O-])c2)cc1. The molecule has 0 unspecified atom stereocenters. The van der Waals surface area contributed by atoms with Crippen LogP contribution in [0.4, 0.5) is 11.4 Å². The average molecular weight is 269 g/mol. The zero-order valence-electron chi connectivity index (χ0n) is 11.1. The predicted molar refractivity (Wildman–Crippen MR) is 80.1 cm³/mol. The number of hydrazone groups is 1. The number of hydrogen-bond acceptors (Lipinski definition) is 4. The van der Waals surface area contributed by atoms with Gasteiger partial charge in [-0.05, 0) is 23.6 Å². The Morgan fingerprint density at radius 1 is 1.25 bits per heavy atom. The molecular weight excluding hydrogens is 254 g/mol. The minimum absolute atomic E-state index is 0.0394. The fourth-order valence-electron chi connectivity index (χ4n) is 1.71. The number of nitrogens with one attached hydrogen (secondary N) is 1. The third kappa shape index (κ3) is 3.65. The summed E-state index contributed by atoms with van der Waals surface area (Å²) in [6, 6.07) is 14.3. The van der Waals surface area contributed by atoms with Gasteiger partial charge in [-0.3, -0.25) is 15.5 Å². The number of non-ortho nitro benzene ring substituents is 1. The smallest absolute Gasteiger partial charge is 0.271 e. The monoisotopic (exact) mass is 269 g/mol. The van der Waals surface area contributed by atoms with Gasteiger partial charge in [-0.25, -0.2) is 0 Å². The highest BCUT2D eigenvalue weighted by Crippen LogP contribution is 2.16. The van der Waals surface area contributed by atoms with Gasteiger partial charge in [0.1, 0.15) is 0 Å². The maximum atomic E-state index is 10.6. The molecule has 102 valence electrons. The van der Waals surface area contributed by atoms with E-state index in [4.69, 9.17) is 0 Å². The molecule has 0 saturated carbocycles. The van der Waals surface area contributed by atoms with Crippen LogP contribution in [-0.2, 0) is 6.42 Å². The standard InChI is InChI=1S/C15H15N3O2/c1-2-12-6-8-13(9-7-12)11-16-17-14-4-3-5-15(10-14)18(19)20/h3-11,17H,2H2,1H3/b16-11+. The number of rotatable bonds is 5. The highest BCUT2D eigenvalue weighted by molar-refractivity contribution is 5.80. The van der Waals surface area contributed by atoms with Gasteiger partial charge in [0.05, 0.1) is 16.8 Å². The zero-order valence-corrected chi connectivity index (χ0v) is 11.1. The maximum Gasteiger partial charge on any atom is 0.271 e. The van der Waals surface area contributed by atoms with E-state index in [0.29, 0.717) is 5.69 Å². The van der Waals surface area contributed by atoms with Crippen LogP contribution in [0.2, 0.25) is 0 Å². The van der Waals surface area contributed by atoms with E-state index in [0.717, 1.165) is 12.0 Å². The van der Waals surface area contributed by atoms with Crippen molar-refractivity contribution < 1.29 is 4.92 Å². The summed E-state index contributed by atoms with van der Waals surface area (Å²) in [6.07, 6.45) is 2.68. The lowest BCUT2D eigenvalue weighted by Crippen LogP contribution is -1.93. The Kier molecular flexibility index (Phi) is 4.44. The lowest BCUT2D eigenvalue weighted by molar-refractivity contribution is -0.384. The van der Waals surface area contributed by atoms with Gasteiger partial charge >= 0.3 is 0 Å². The molecule has 0 aromatic heterocycles. The summed E-state index contributed by atoms with van der Waals surface area (Å²) in [4.78, 5) is 10.2. The molecular formula is C15H15N3O2. The minimum Gasteiger partial charge on any atom is -0.278 e. The van der Waals surface area contributed by atoms with Crippen molar-refractivity contribution in [3.05, 3.63) is 69.8 Å². The van der Waals surface area contributed by atoms with E-state index < -0.39 is 4.92 Å². The van der Waals surface area contributed by atoms with Crippen LogP contribution < -0.4 is 5.43 Å². The lowest BCUT2D eigenvalue weighted by Gasteiger charge is -2.00. The van der Waals surface area contributed by atoms with Crippen LogP contribution in [0.25, 0.3) is 0 Å². The van der Waals surface area contributed by atoms with E-state index in [1.807, 2.05) is 12.1 Å². The second-order valence-corrected chi connectivity index (χ2v) is 4.27. The fourth-order valence-corrected chi connectivity index (χ4v) is 1.71. The lowest BCUT2D eigenvalue weighted by atomic mass is 10.1. The third-order valence-electron chi connectivity index (χ3n) is 2.85. The first-order chi connectivity index (χ1) is 9.69. The average Bonchev–Trinajstić information content (AvgIpc) is 2.48. The second-order valence-electron chi connectivity index (χ2n) is 4.27. The van der Waals surface area contributed by atoms with Crippen molar-refractivity contribution in [3.8, 4) is 0 Å². The fraction of sp³-hybridized carbons (Fsp3) is 0.133. The number of anilines is 1. The first-order valence-electron chi connectivity index (χ1n) is 6.31. The number of aryl methyl sites for hydroxylation is 1. The molecule has 1 N–H and O–H groups in total. The van der Waals surface area contributed by atoms with Crippen LogP contribution in [0.5, 0.6) is 0 Å². The van der Waals surface area contributed by atoms with Gasteiger partial charge in [0, 0.05) is 12.1 Å². The van der Waals surface area contributed by atoms with E-state index in [9.17, 15) is 10.1 Å². The van der Waals surface area contributed by atoms with Crippen LogP contribution in [0, 0.1) is 10.1 Å². The molecule has 0 aliphatic carbocycles. The summed E-state index contributed by atoms with van der Waals surface area (Å²) in [5.74, 6) is 0. The van der Waals surface area contributed by atoms with Crippen LogP contribution in [0.3, 0.4) is 0 Å². The first kappa shape index (κ1) is 13.7. The topological polar surface area (TPSA) is 67.5 Å². The van der Waals surface area contributed by atoms with E-state index in [1.165, 1.54) is 17.7 Å². The van der Waals surface area contributed by atoms with Crippen molar-refractivity contribution >= 4 is 17.6 Å². The molecule has 0 radical (unpaired) electrons. The van der Waals surface area contributed by atoms with Crippen LogP contribution in [-0.4, -0.2) is 11.1 Å². The van der Waals surface area contributed by atoms with Crippen molar-refractivity contribution in [2.75, 3.05) is 5.43 Å². The molecule has 0 amide bonds. The van der Waals surface area contributed by atoms with Gasteiger partial charge in [-0.1, -0.05) is 37.3 Å². The molecule has 20 heavy (non-hydrogen) atoms. The molecule has 0 saturated heterocycles. The molecule has 5 nitrogen and oxygen atoms in total. The maximum absolute atomic E-state index is 10.6. The highest BCUT2D eigenvalue weighted by atomic mass is 16.6. The summed E-state index contributed by atoms with van der Waals surface area (Å²) in [6.45, 7) is 2.10. The molecule has 0 heterocycles. The summed E-state index contributed by atoms with van der Waals surface area (Å²) < 4.78 is 0. The Hall–Kier alpha value is -2.69. The Balaban J connectivity index is 2.02. The van der Waals surface area contributed by atoms with Crippen molar-refractivity contribution in [2.45, 2.75) is 13.3 Å². The van der Waals surface area contributed by atoms with Gasteiger partial charge in [0.25, 0.3) is 5.69 Å². The van der Waals surface area contributed by atoms with E-state index in [-0.39, 0.29) is 5.69 Å². The Labute approximate surface area is 117 Å². The minimum atomic E-state index is -0.432. The van der Waals surface area contributed by atoms with Crippen LogP contribution >= 0.6 is 0 Å². The quantitative estimate of drug-likeness (QED) is 0.512. The van der Waals surface area contributed by atoms with Crippen LogP contribution in [0.1, 0.15) is 18.1 Å². The molecule has 0 atom stereocenters. The Morgan fingerprint density at radius 2 is 2.00 bits per heavy atom. The number of hydrogen-bond donors (Lipinski definition) is 1. The summed E-state index contributed by atoms with van der Waals surface area (Å²) >= 11 is 0. The normalized spacial score (nSPS) is 10.7. The van der Waals surface area contributed by atoms with Crippen molar-refractivity contribution in [1.29, 1.82) is 0 Å². The number of nitrogens with zero attached hydrogens (tertiary/aromatic N) is 2. The largest absolute Gasteiger partial charge is 0.278 e. The van der Waals surface area contributed by atoms with E-state index in [1.54, 1.807) is 18.3 Å². The summed E-state index contributed by atoms with van der Waals surface area (Å²) in [5, 5.41) is 14.7. The summed E-state index contributed by atoms with van der Waals surface area (Å²) in [7, 11) is 0. The molecule has 2 aromatic carbocycles. The van der Waals surface area contributed by atoms with Crippen molar-refractivity contribution in [3.63, 3.8) is 0 Å². The van der Waals surface area contributed by atoms with Crippen molar-refractivity contribution in [2.24, 2.45) is 5.10 Å². The Morgan fingerprint density at radius 3 is 2.65 bits per heavy atom. The van der Waals surface area contributed by atoms with Gasteiger partial charge in [0.2, 0.25) is 0 Å². The molecule has 5 heteroatoms. The predicted octanol–water partition coefficient (Wildman–Crippen LogP) is 3.60. The molecule has 0 fully saturated rings. The van der Waals surface area contributed by atoms with E-state index in [2.05, 4.69) is 29.6 Å². The molecule has 2 rings (SSSR count). The zero-order chi connectivity index (χ0) is 14.4. The molecule has 0 spiro atoms. The molecule has 0 bridgehead atoms. The van der Waals surface area contributed by atoms with E-state index >= 15 is 0 Å². The summed E-state index contributed by atoms with van der Waals surface area (Å²) in [5.41, 5.74) is 5.65. The second kappa shape index (κ2) is 6.47. The molecule has 2 aromatic rings. The third-order valence-corrected chi connectivity index (χ3v) is 2.85. The first-order valence-corrected chi connectivity index (χ1v) is 6.31. The number of benzene rings is 2.